The Hall–Kier alpha value is -2.79. The zero-order chi connectivity index (χ0) is 17.2. The average Bonchev–Trinajstić information content (AvgIpc) is 2.64. The van der Waals surface area contributed by atoms with Gasteiger partial charge in [0.1, 0.15) is 0 Å². The lowest BCUT2D eigenvalue weighted by molar-refractivity contribution is 0.238. The predicted molar refractivity (Wildman–Crippen MR) is 98.7 cm³/mol. The molecule has 1 aliphatic rings. The second-order valence-corrected chi connectivity index (χ2v) is 6.52. The summed E-state index contributed by atoms with van der Waals surface area (Å²) in [6.07, 6.45) is 4.81. The largest absolute Gasteiger partial charge is 0.399 e. The van der Waals surface area contributed by atoms with Gasteiger partial charge in [-0.3, -0.25) is 9.88 Å². The monoisotopic (exact) mass is 331 g/mol. The van der Waals surface area contributed by atoms with Crippen molar-refractivity contribution < 1.29 is 0 Å². The van der Waals surface area contributed by atoms with Crippen molar-refractivity contribution in [1.82, 2.24) is 19.9 Å². The highest BCUT2D eigenvalue weighted by Gasteiger charge is 2.19. The molecule has 0 amide bonds. The molecule has 4 rings (SSSR count). The SMILES string of the molecule is Cc1cccnc1CN1CCc2cnc(-c3ccc(N)cc3)nc2C1. The Morgan fingerprint density at radius 2 is 1.96 bits per heavy atom. The van der Waals surface area contributed by atoms with Crippen LogP contribution in [0.15, 0.2) is 48.8 Å². The van der Waals surface area contributed by atoms with Crippen LogP contribution >= 0.6 is 0 Å². The highest BCUT2D eigenvalue weighted by Crippen LogP contribution is 2.22. The molecular formula is C20H21N5. The summed E-state index contributed by atoms with van der Waals surface area (Å²) < 4.78 is 0. The topological polar surface area (TPSA) is 67.9 Å². The minimum Gasteiger partial charge on any atom is -0.399 e. The number of pyridine rings is 1. The van der Waals surface area contributed by atoms with E-state index < -0.39 is 0 Å². The molecular weight excluding hydrogens is 310 g/mol. The molecule has 0 unspecified atom stereocenters. The van der Waals surface area contributed by atoms with Gasteiger partial charge < -0.3 is 5.73 Å². The van der Waals surface area contributed by atoms with Gasteiger partial charge >= 0.3 is 0 Å². The molecule has 3 aromatic rings. The summed E-state index contributed by atoms with van der Waals surface area (Å²) in [4.78, 5) is 16.3. The van der Waals surface area contributed by atoms with Crippen LogP contribution in [0.1, 0.15) is 22.5 Å². The van der Waals surface area contributed by atoms with Crippen LogP contribution < -0.4 is 5.73 Å². The Morgan fingerprint density at radius 1 is 1.12 bits per heavy atom. The number of aromatic nitrogens is 3. The molecule has 3 heterocycles. The van der Waals surface area contributed by atoms with Crippen LogP contribution in [-0.4, -0.2) is 26.4 Å². The van der Waals surface area contributed by atoms with Crippen molar-refractivity contribution in [3.05, 3.63) is 71.3 Å². The second kappa shape index (κ2) is 6.61. The van der Waals surface area contributed by atoms with Crippen molar-refractivity contribution in [1.29, 1.82) is 0 Å². The molecule has 1 aromatic carbocycles. The number of nitrogens with zero attached hydrogens (tertiary/aromatic N) is 4. The number of aryl methyl sites for hydroxylation is 1. The number of rotatable bonds is 3. The van der Waals surface area contributed by atoms with Gasteiger partial charge in [0.25, 0.3) is 0 Å². The fourth-order valence-electron chi connectivity index (χ4n) is 3.16. The fourth-order valence-corrected chi connectivity index (χ4v) is 3.16. The van der Waals surface area contributed by atoms with Crippen LogP contribution in [0.25, 0.3) is 11.4 Å². The fraction of sp³-hybridized carbons (Fsp3) is 0.250. The molecule has 0 saturated carbocycles. The summed E-state index contributed by atoms with van der Waals surface area (Å²) in [5.74, 6) is 0.759. The maximum Gasteiger partial charge on any atom is 0.159 e. The van der Waals surface area contributed by atoms with E-state index in [4.69, 9.17) is 10.7 Å². The number of benzene rings is 1. The number of nitrogens with two attached hydrogens (primary N) is 1. The van der Waals surface area contributed by atoms with Crippen molar-refractivity contribution in [3.63, 3.8) is 0 Å². The molecule has 2 N–H and O–H groups in total. The van der Waals surface area contributed by atoms with Gasteiger partial charge in [0.05, 0.1) is 11.4 Å². The Morgan fingerprint density at radius 3 is 2.76 bits per heavy atom. The van der Waals surface area contributed by atoms with Crippen molar-refractivity contribution in [3.8, 4) is 11.4 Å². The number of anilines is 1. The van der Waals surface area contributed by atoms with E-state index in [9.17, 15) is 0 Å². The average molecular weight is 331 g/mol. The number of fused-ring (bicyclic) bond motifs is 1. The van der Waals surface area contributed by atoms with Crippen LogP contribution in [0.4, 0.5) is 5.69 Å². The molecule has 0 aliphatic carbocycles. The maximum atomic E-state index is 5.77. The van der Waals surface area contributed by atoms with Crippen LogP contribution in [0.3, 0.4) is 0 Å². The highest BCUT2D eigenvalue weighted by atomic mass is 15.1. The number of nitrogen functional groups attached to an aromatic ring is 1. The molecule has 0 bridgehead atoms. The van der Waals surface area contributed by atoms with Crippen LogP contribution in [0.2, 0.25) is 0 Å². The van der Waals surface area contributed by atoms with Crippen molar-refractivity contribution in [2.24, 2.45) is 0 Å². The normalized spacial score (nSPS) is 14.3. The predicted octanol–water partition coefficient (Wildman–Crippen LogP) is 2.99. The van der Waals surface area contributed by atoms with Gasteiger partial charge in [-0.2, -0.15) is 0 Å². The third-order valence-corrected chi connectivity index (χ3v) is 4.69. The lowest BCUT2D eigenvalue weighted by Crippen LogP contribution is -2.31. The van der Waals surface area contributed by atoms with E-state index >= 15 is 0 Å². The summed E-state index contributed by atoms with van der Waals surface area (Å²) >= 11 is 0. The Bertz CT molecular complexity index is 889. The van der Waals surface area contributed by atoms with E-state index in [2.05, 4.69) is 27.9 Å². The molecule has 0 radical (unpaired) electrons. The van der Waals surface area contributed by atoms with E-state index in [1.54, 1.807) is 0 Å². The molecule has 126 valence electrons. The number of hydrogen-bond acceptors (Lipinski definition) is 5. The van der Waals surface area contributed by atoms with Crippen molar-refractivity contribution in [2.45, 2.75) is 26.4 Å². The molecule has 0 fully saturated rings. The summed E-state index contributed by atoms with van der Waals surface area (Å²) in [6, 6.07) is 11.8. The smallest absolute Gasteiger partial charge is 0.159 e. The first-order valence-corrected chi connectivity index (χ1v) is 8.52. The van der Waals surface area contributed by atoms with Gasteiger partial charge in [-0.05, 0) is 54.8 Å². The van der Waals surface area contributed by atoms with Gasteiger partial charge in [-0.25, -0.2) is 9.97 Å². The summed E-state index contributed by atoms with van der Waals surface area (Å²) in [7, 11) is 0. The molecule has 25 heavy (non-hydrogen) atoms. The van der Waals surface area contributed by atoms with Gasteiger partial charge in [0, 0.05) is 43.3 Å². The molecule has 5 heteroatoms. The summed E-state index contributed by atoms with van der Waals surface area (Å²) in [5, 5.41) is 0. The van der Waals surface area contributed by atoms with Gasteiger partial charge in [0.15, 0.2) is 5.82 Å². The Balaban J connectivity index is 1.56. The van der Waals surface area contributed by atoms with E-state index in [-0.39, 0.29) is 0 Å². The zero-order valence-electron chi connectivity index (χ0n) is 14.3. The molecule has 0 saturated heterocycles. The van der Waals surface area contributed by atoms with Gasteiger partial charge in [-0.15, -0.1) is 0 Å². The molecule has 1 aliphatic heterocycles. The first kappa shape index (κ1) is 15.7. The minimum absolute atomic E-state index is 0.749. The van der Waals surface area contributed by atoms with E-state index in [1.807, 2.05) is 42.7 Å². The molecule has 0 atom stereocenters. The van der Waals surface area contributed by atoms with Gasteiger partial charge in [0.2, 0.25) is 0 Å². The first-order chi connectivity index (χ1) is 12.2. The van der Waals surface area contributed by atoms with Crippen LogP contribution in [0, 0.1) is 6.92 Å². The van der Waals surface area contributed by atoms with Crippen LogP contribution in [0.5, 0.6) is 0 Å². The number of hydrogen-bond donors (Lipinski definition) is 1. The molecule has 2 aromatic heterocycles. The lowest BCUT2D eigenvalue weighted by Gasteiger charge is -2.28. The lowest BCUT2D eigenvalue weighted by atomic mass is 10.1. The maximum absolute atomic E-state index is 5.77. The molecule has 5 nitrogen and oxygen atoms in total. The van der Waals surface area contributed by atoms with Crippen LogP contribution in [-0.2, 0) is 19.5 Å². The van der Waals surface area contributed by atoms with Crippen molar-refractivity contribution in [2.75, 3.05) is 12.3 Å². The van der Waals surface area contributed by atoms with Crippen molar-refractivity contribution >= 4 is 5.69 Å². The van der Waals surface area contributed by atoms with E-state index in [0.717, 1.165) is 54.5 Å². The summed E-state index contributed by atoms with van der Waals surface area (Å²) in [6.45, 7) is 4.80. The summed E-state index contributed by atoms with van der Waals surface area (Å²) in [5.41, 5.74) is 12.2. The third-order valence-electron chi connectivity index (χ3n) is 4.69. The molecule has 0 spiro atoms. The second-order valence-electron chi connectivity index (χ2n) is 6.52. The minimum atomic E-state index is 0.749. The Labute approximate surface area is 147 Å². The standard InChI is InChI=1S/C20H21N5/c1-14-3-2-9-22-18(14)12-25-10-8-16-11-23-20(24-19(16)13-25)15-4-6-17(21)7-5-15/h2-7,9,11H,8,10,12-13,21H2,1H3. The van der Waals surface area contributed by atoms with E-state index in [1.165, 1.54) is 11.1 Å². The Kier molecular flexibility index (Phi) is 4.15. The van der Waals surface area contributed by atoms with E-state index in [0.29, 0.717) is 0 Å². The quantitative estimate of drug-likeness (QED) is 0.747. The van der Waals surface area contributed by atoms with Gasteiger partial charge in [-0.1, -0.05) is 6.07 Å². The first-order valence-electron chi connectivity index (χ1n) is 8.52. The highest BCUT2D eigenvalue weighted by molar-refractivity contribution is 5.58. The zero-order valence-corrected chi connectivity index (χ0v) is 14.3. The third kappa shape index (κ3) is 3.37.